The van der Waals surface area contributed by atoms with Gasteiger partial charge in [-0.15, -0.1) is 24.0 Å². The van der Waals surface area contributed by atoms with Gasteiger partial charge in [0.15, 0.2) is 5.96 Å². The third kappa shape index (κ3) is 6.96. The summed E-state index contributed by atoms with van der Waals surface area (Å²) in [5, 5.41) is 7.01. The highest BCUT2D eigenvalue weighted by Crippen LogP contribution is 2.36. The van der Waals surface area contributed by atoms with E-state index < -0.39 is 0 Å². The topological polar surface area (TPSA) is 48.9 Å². The van der Waals surface area contributed by atoms with Crippen LogP contribution in [0.3, 0.4) is 0 Å². The van der Waals surface area contributed by atoms with Crippen LogP contribution in [0.25, 0.3) is 0 Å². The molecule has 2 aliphatic rings. The summed E-state index contributed by atoms with van der Waals surface area (Å²) >= 11 is 2.08. The summed E-state index contributed by atoms with van der Waals surface area (Å²) < 4.78 is 5.58. The number of hydrogen-bond acceptors (Lipinski definition) is 4. The van der Waals surface area contributed by atoms with Crippen LogP contribution in [-0.2, 0) is 4.74 Å². The first kappa shape index (κ1) is 21.3. The third-order valence-corrected chi connectivity index (χ3v) is 6.28. The maximum Gasteiger partial charge on any atom is 0.191 e. The van der Waals surface area contributed by atoms with Crippen LogP contribution in [0, 0.1) is 0 Å². The van der Waals surface area contributed by atoms with Crippen molar-refractivity contribution in [1.29, 1.82) is 0 Å². The summed E-state index contributed by atoms with van der Waals surface area (Å²) in [5.41, 5.74) is 0. The number of guanidine groups is 1. The largest absolute Gasteiger partial charge is 0.383 e. The molecule has 0 amide bonds. The number of ether oxygens (including phenoxy) is 1. The fourth-order valence-corrected chi connectivity index (χ4v) is 4.56. The zero-order valence-corrected chi connectivity index (χ0v) is 17.9. The van der Waals surface area contributed by atoms with Gasteiger partial charge in [0, 0.05) is 44.6 Å². The second-order valence-electron chi connectivity index (χ2n) is 6.53. The molecule has 0 aromatic heterocycles. The molecule has 7 heteroatoms. The van der Waals surface area contributed by atoms with Crippen LogP contribution in [0.4, 0.5) is 0 Å². The molecule has 2 aliphatic heterocycles. The first-order valence-corrected chi connectivity index (χ1v) is 9.47. The molecule has 0 aromatic carbocycles. The molecule has 2 saturated heterocycles. The lowest BCUT2D eigenvalue weighted by Crippen LogP contribution is -2.48. The van der Waals surface area contributed by atoms with Crippen molar-refractivity contribution in [1.82, 2.24) is 15.5 Å². The Hall–Kier alpha value is 0.270. The lowest BCUT2D eigenvalue weighted by Gasteiger charge is -2.27. The van der Waals surface area contributed by atoms with Crippen molar-refractivity contribution in [2.45, 2.75) is 43.4 Å². The average Bonchev–Trinajstić information content (AvgIpc) is 3.15. The smallest absolute Gasteiger partial charge is 0.191 e. The highest BCUT2D eigenvalue weighted by Gasteiger charge is 2.29. The maximum atomic E-state index is 5.21. The molecule has 0 radical (unpaired) electrons. The van der Waals surface area contributed by atoms with Crippen molar-refractivity contribution in [2.24, 2.45) is 4.99 Å². The first-order valence-electron chi connectivity index (χ1n) is 8.48. The van der Waals surface area contributed by atoms with Crippen LogP contribution in [0.15, 0.2) is 4.99 Å². The molecule has 2 unspecified atom stereocenters. The monoisotopic (exact) mass is 456 g/mol. The van der Waals surface area contributed by atoms with Crippen molar-refractivity contribution in [3.63, 3.8) is 0 Å². The molecule has 5 nitrogen and oxygen atoms in total. The van der Waals surface area contributed by atoms with E-state index >= 15 is 0 Å². The number of nitrogens with one attached hydrogen (secondary N) is 2. The Kier molecular flexibility index (Phi) is 10.2. The molecule has 0 aliphatic carbocycles. The Morgan fingerprint density at radius 2 is 2.22 bits per heavy atom. The minimum atomic E-state index is 0. The van der Waals surface area contributed by atoms with Gasteiger partial charge in [0.05, 0.1) is 6.61 Å². The molecule has 2 N–H and O–H groups in total. The molecule has 2 heterocycles. The van der Waals surface area contributed by atoms with Crippen molar-refractivity contribution < 1.29 is 4.74 Å². The fraction of sp³-hybridized carbons (Fsp3) is 0.938. The Balaban J connectivity index is 0.00000264. The highest BCUT2D eigenvalue weighted by atomic mass is 127. The van der Waals surface area contributed by atoms with Gasteiger partial charge in [0.1, 0.15) is 0 Å². The molecule has 136 valence electrons. The zero-order chi connectivity index (χ0) is 15.8. The van der Waals surface area contributed by atoms with Gasteiger partial charge in [0.2, 0.25) is 0 Å². The molecule has 23 heavy (non-hydrogen) atoms. The standard InChI is InChI=1S/C16H32N4OS.HI/c1-16(7-5-11-22-16)13-19-15(17-2)18-12-14-6-4-8-20(14)9-10-21-3;/h14H,4-13H2,1-3H3,(H2,17,18,19);1H. The predicted molar refractivity (Wildman–Crippen MR) is 111 cm³/mol. The first-order chi connectivity index (χ1) is 10.7. The molecular weight excluding hydrogens is 423 g/mol. The number of methoxy groups -OCH3 is 1. The molecule has 2 fully saturated rings. The molecule has 0 spiro atoms. The van der Waals surface area contributed by atoms with Gasteiger partial charge in [0.25, 0.3) is 0 Å². The van der Waals surface area contributed by atoms with Crippen molar-refractivity contribution >= 4 is 41.7 Å². The van der Waals surface area contributed by atoms with Gasteiger partial charge < -0.3 is 15.4 Å². The number of rotatable bonds is 7. The number of hydrogen-bond donors (Lipinski definition) is 2. The van der Waals surface area contributed by atoms with E-state index in [1.165, 1.54) is 38.0 Å². The van der Waals surface area contributed by atoms with Gasteiger partial charge in [-0.1, -0.05) is 0 Å². The van der Waals surface area contributed by atoms with Crippen molar-refractivity contribution in [3.8, 4) is 0 Å². The van der Waals surface area contributed by atoms with E-state index in [1.54, 1.807) is 7.11 Å². The SMILES string of the molecule is CN=C(NCC1CCCN1CCOC)NCC1(C)CCCS1.I. The van der Waals surface area contributed by atoms with Crippen molar-refractivity contribution in [2.75, 3.05) is 52.7 Å². The zero-order valence-electron chi connectivity index (χ0n) is 14.8. The van der Waals surface area contributed by atoms with E-state index in [0.29, 0.717) is 10.8 Å². The highest BCUT2D eigenvalue weighted by molar-refractivity contribution is 14.0. The van der Waals surface area contributed by atoms with E-state index in [9.17, 15) is 0 Å². The third-order valence-electron chi connectivity index (χ3n) is 4.74. The second kappa shape index (κ2) is 11.0. The summed E-state index contributed by atoms with van der Waals surface area (Å²) in [4.78, 5) is 6.90. The summed E-state index contributed by atoms with van der Waals surface area (Å²) in [6.45, 7) is 7.36. The Morgan fingerprint density at radius 3 is 2.87 bits per heavy atom. The van der Waals surface area contributed by atoms with Crippen LogP contribution >= 0.6 is 35.7 Å². The average molecular weight is 456 g/mol. The molecule has 2 atom stereocenters. The second-order valence-corrected chi connectivity index (χ2v) is 8.22. The van der Waals surface area contributed by atoms with Crippen LogP contribution in [0.1, 0.15) is 32.6 Å². The fourth-order valence-electron chi connectivity index (χ4n) is 3.31. The number of aliphatic imine (C=N–C) groups is 1. The van der Waals surface area contributed by atoms with E-state index in [1.807, 2.05) is 7.05 Å². The summed E-state index contributed by atoms with van der Waals surface area (Å²) in [6, 6.07) is 0.602. The lowest BCUT2D eigenvalue weighted by atomic mass is 10.1. The van der Waals surface area contributed by atoms with Crippen molar-refractivity contribution in [3.05, 3.63) is 0 Å². The van der Waals surface area contributed by atoms with E-state index in [4.69, 9.17) is 4.74 Å². The number of nitrogens with zero attached hydrogens (tertiary/aromatic N) is 2. The Labute approximate surface area is 162 Å². The Bertz CT molecular complexity index is 364. The molecule has 0 saturated carbocycles. The molecular formula is C16H33IN4OS. The van der Waals surface area contributed by atoms with Gasteiger partial charge in [-0.3, -0.25) is 9.89 Å². The summed E-state index contributed by atoms with van der Waals surface area (Å²) in [6.07, 6.45) is 5.19. The quantitative estimate of drug-likeness (QED) is 0.350. The van der Waals surface area contributed by atoms with Gasteiger partial charge in [-0.05, 0) is 44.9 Å². The molecule has 0 aromatic rings. The molecule has 0 bridgehead atoms. The van der Waals surface area contributed by atoms with Crippen LogP contribution in [0.5, 0.6) is 0 Å². The minimum absolute atomic E-state index is 0. The number of likely N-dealkylation sites (tertiary alicyclic amines) is 1. The van der Waals surface area contributed by atoms with E-state index in [-0.39, 0.29) is 24.0 Å². The van der Waals surface area contributed by atoms with E-state index in [0.717, 1.165) is 32.2 Å². The van der Waals surface area contributed by atoms with Crippen LogP contribution < -0.4 is 10.6 Å². The molecule has 2 rings (SSSR count). The van der Waals surface area contributed by atoms with Crippen LogP contribution in [0.2, 0.25) is 0 Å². The predicted octanol–water partition coefficient (Wildman–Crippen LogP) is 2.17. The Morgan fingerprint density at radius 1 is 1.39 bits per heavy atom. The van der Waals surface area contributed by atoms with Gasteiger partial charge >= 0.3 is 0 Å². The summed E-state index contributed by atoms with van der Waals surface area (Å²) in [7, 11) is 3.63. The number of halogens is 1. The van der Waals surface area contributed by atoms with Gasteiger partial charge in [-0.2, -0.15) is 11.8 Å². The lowest BCUT2D eigenvalue weighted by molar-refractivity contribution is 0.141. The van der Waals surface area contributed by atoms with Crippen LogP contribution in [-0.4, -0.2) is 74.3 Å². The number of thioether (sulfide) groups is 1. The normalized spacial score (nSPS) is 28.7. The van der Waals surface area contributed by atoms with Gasteiger partial charge in [-0.25, -0.2) is 0 Å². The van der Waals surface area contributed by atoms with E-state index in [2.05, 4.69) is 39.2 Å². The minimum Gasteiger partial charge on any atom is -0.383 e. The summed E-state index contributed by atoms with van der Waals surface area (Å²) in [5.74, 6) is 2.23. The maximum absolute atomic E-state index is 5.21.